The second-order valence-electron chi connectivity index (χ2n) is 9.20. The molecule has 37 heavy (non-hydrogen) atoms. The molecular weight excluding hydrogens is 482 g/mol. The van der Waals surface area contributed by atoms with Crippen molar-refractivity contribution < 1.29 is 9.59 Å². The quantitative estimate of drug-likeness (QED) is 0.268. The maximum absolute atomic E-state index is 13.8. The first-order valence-corrected chi connectivity index (χ1v) is 12.5. The zero-order chi connectivity index (χ0) is 25.5. The van der Waals surface area contributed by atoms with E-state index in [9.17, 15) is 9.59 Å². The molecule has 0 spiro atoms. The number of benzene rings is 4. The summed E-state index contributed by atoms with van der Waals surface area (Å²) >= 11 is 6.01. The van der Waals surface area contributed by atoms with Gasteiger partial charge in [0.1, 0.15) is 6.04 Å². The molecule has 2 N–H and O–H groups in total. The summed E-state index contributed by atoms with van der Waals surface area (Å²) in [5.41, 5.74) is 6.04. The van der Waals surface area contributed by atoms with E-state index in [1.54, 1.807) is 36.1 Å². The predicted molar refractivity (Wildman–Crippen MR) is 148 cm³/mol. The Balaban J connectivity index is 1.50. The van der Waals surface area contributed by atoms with Crippen LogP contribution in [0.3, 0.4) is 0 Å². The largest absolute Gasteiger partial charge is 0.354 e. The monoisotopic (exact) mass is 505 g/mol. The average Bonchev–Trinajstić information content (AvgIpc) is 3.45. The van der Waals surface area contributed by atoms with E-state index in [2.05, 4.69) is 28.5 Å². The van der Waals surface area contributed by atoms with E-state index in [0.29, 0.717) is 16.3 Å². The summed E-state index contributed by atoms with van der Waals surface area (Å²) in [6, 6.07) is 31.6. The first-order valence-electron chi connectivity index (χ1n) is 12.2. The Morgan fingerprint density at radius 1 is 0.892 bits per heavy atom. The van der Waals surface area contributed by atoms with Crippen molar-refractivity contribution in [1.82, 2.24) is 9.88 Å². The van der Waals surface area contributed by atoms with Gasteiger partial charge in [-0.1, -0.05) is 78.3 Å². The number of hydrogen-bond donors (Lipinski definition) is 2. The van der Waals surface area contributed by atoms with Gasteiger partial charge in [0, 0.05) is 32.7 Å². The van der Waals surface area contributed by atoms with Gasteiger partial charge in [0.25, 0.3) is 5.91 Å². The molecule has 2 amide bonds. The molecule has 2 unspecified atom stereocenters. The molecule has 182 valence electrons. The van der Waals surface area contributed by atoms with Gasteiger partial charge < -0.3 is 15.2 Å². The second kappa shape index (κ2) is 9.26. The third-order valence-electron chi connectivity index (χ3n) is 6.99. The number of hydrogen-bond acceptors (Lipinski definition) is 2. The minimum atomic E-state index is -0.738. The second-order valence-corrected chi connectivity index (χ2v) is 9.64. The maximum Gasteiger partial charge on any atom is 0.255 e. The van der Waals surface area contributed by atoms with Gasteiger partial charge in [-0.25, -0.2) is 0 Å². The third kappa shape index (κ3) is 3.98. The normalized spacial score (nSPS) is 15.6. The minimum absolute atomic E-state index is 0.163. The molecule has 0 saturated heterocycles. The Morgan fingerprint density at radius 2 is 1.57 bits per heavy atom. The fraction of sp³-hybridized carbons (Fsp3) is 0.0968. The number of amides is 2. The number of carbonyl (C=O) groups excluding carboxylic acids is 2. The molecule has 2 heterocycles. The highest BCUT2D eigenvalue weighted by Crippen LogP contribution is 2.46. The summed E-state index contributed by atoms with van der Waals surface area (Å²) in [5, 5.41) is 4.55. The van der Waals surface area contributed by atoms with Crippen LogP contribution in [0.15, 0.2) is 103 Å². The smallest absolute Gasteiger partial charge is 0.255 e. The van der Waals surface area contributed by atoms with Crippen molar-refractivity contribution in [1.29, 1.82) is 0 Å². The summed E-state index contributed by atoms with van der Waals surface area (Å²) < 4.78 is 0. The molecular formula is C31H24ClN3O2. The number of para-hydroxylation sites is 1. The molecule has 1 aromatic heterocycles. The molecule has 0 bridgehead atoms. The van der Waals surface area contributed by atoms with Crippen molar-refractivity contribution in [3.63, 3.8) is 0 Å². The Hall–Kier alpha value is -4.35. The standard InChI is InChI=1S/C31H24ClN3O2/c1-19(30(36)33-22-17-15-21(32)16-18-22)35-29(23-11-5-6-12-24(23)31(35)37)27-25-13-7-8-14-26(25)34-28(27)20-9-3-2-4-10-20/h2-19,29,34H,1H3,(H,33,36). The SMILES string of the molecule is CC(C(=O)Nc1ccc(Cl)cc1)N1C(=O)c2ccccc2C1c1c(-c2ccccc2)[nH]c2ccccc12. The highest BCUT2D eigenvalue weighted by molar-refractivity contribution is 6.30. The molecule has 0 fully saturated rings. The lowest BCUT2D eigenvalue weighted by Gasteiger charge is -2.31. The summed E-state index contributed by atoms with van der Waals surface area (Å²) in [4.78, 5) is 32.6. The van der Waals surface area contributed by atoms with Gasteiger partial charge in [0.15, 0.2) is 0 Å². The number of aromatic nitrogens is 1. The van der Waals surface area contributed by atoms with Crippen LogP contribution >= 0.6 is 11.6 Å². The zero-order valence-corrected chi connectivity index (χ0v) is 20.9. The summed E-state index contributed by atoms with van der Waals surface area (Å²) in [5.74, 6) is -0.432. The van der Waals surface area contributed by atoms with E-state index in [1.165, 1.54) is 0 Å². The molecule has 0 radical (unpaired) electrons. The molecule has 6 rings (SSSR count). The van der Waals surface area contributed by atoms with Gasteiger partial charge in [-0.2, -0.15) is 0 Å². The summed E-state index contributed by atoms with van der Waals surface area (Å²) in [6.45, 7) is 1.78. The Morgan fingerprint density at radius 3 is 2.35 bits per heavy atom. The van der Waals surface area contributed by atoms with Crippen LogP contribution in [0.5, 0.6) is 0 Å². The summed E-state index contributed by atoms with van der Waals surface area (Å²) in [7, 11) is 0. The molecule has 2 atom stereocenters. The Labute approximate surface area is 219 Å². The van der Waals surface area contributed by atoms with Gasteiger partial charge >= 0.3 is 0 Å². The molecule has 5 nitrogen and oxygen atoms in total. The molecule has 0 aliphatic carbocycles. The van der Waals surface area contributed by atoms with E-state index >= 15 is 0 Å². The van der Waals surface area contributed by atoms with Crippen molar-refractivity contribution in [3.05, 3.63) is 125 Å². The Bertz CT molecular complexity index is 1630. The van der Waals surface area contributed by atoms with Crippen LogP contribution in [-0.4, -0.2) is 27.7 Å². The first kappa shape index (κ1) is 23.1. The van der Waals surface area contributed by atoms with Gasteiger partial charge in [-0.3, -0.25) is 9.59 Å². The van der Waals surface area contributed by atoms with Gasteiger partial charge in [-0.05, 0) is 54.4 Å². The van der Waals surface area contributed by atoms with Crippen molar-refractivity contribution in [3.8, 4) is 11.3 Å². The van der Waals surface area contributed by atoms with E-state index < -0.39 is 12.1 Å². The minimum Gasteiger partial charge on any atom is -0.354 e. The van der Waals surface area contributed by atoms with Crippen LogP contribution in [0.1, 0.15) is 34.5 Å². The number of nitrogens with zero attached hydrogens (tertiary/aromatic N) is 1. The number of fused-ring (bicyclic) bond motifs is 2. The highest BCUT2D eigenvalue weighted by Gasteiger charge is 2.44. The van der Waals surface area contributed by atoms with Crippen molar-refractivity contribution in [2.24, 2.45) is 0 Å². The number of rotatable bonds is 5. The van der Waals surface area contributed by atoms with Crippen molar-refractivity contribution >= 4 is 40.0 Å². The number of nitrogens with one attached hydrogen (secondary N) is 2. The van der Waals surface area contributed by atoms with Crippen LogP contribution < -0.4 is 5.32 Å². The van der Waals surface area contributed by atoms with Crippen LogP contribution in [0, 0.1) is 0 Å². The maximum atomic E-state index is 13.8. The highest BCUT2D eigenvalue weighted by atomic mass is 35.5. The molecule has 5 aromatic rings. The van der Waals surface area contributed by atoms with Crippen LogP contribution in [-0.2, 0) is 4.79 Å². The van der Waals surface area contributed by atoms with Crippen molar-refractivity contribution in [2.45, 2.75) is 19.0 Å². The average molecular weight is 506 g/mol. The molecule has 4 aromatic carbocycles. The number of aromatic amines is 1. The lowest BCUT2D eigenvalue weighted by atomic mass is 9.92. The fourth-order valence-corrected chi connectivity index (χ4v) is 5.34. The molecule has 0 saturated carbocycles. The number of halogens is 1. The van der Waals surface area contributed by atoms with E-state index in [4.69, 9.17) is 11.6 Å². The lowest BCUT2D eigenvalue weighted by molar-refractivity contribution is -0.120. The number of anilines is 1. The number of carbonyl (C=O) groups is 2. The zero-order valence-electron chi connectivity index (χ0n) is 20.1. The topological polar surface area (TPSA) is 65.2 Å². The fourth-order valence-electron chi connectivity index (χ4n) is 5.22. The molecule has 1 aliphatic heterocycles. The van der Waals surface area contributed by atoms with Gasteiger partial charge in [0.2, 0.25) is 5.91 Å². The Kier molecular flexibility index (Phi) is 5.78. The lowest BCUT2D eigenvalue weighted by Crippen LogP contribution is -2.44. The summed E-state index contributed by atoms with van der Waals surface area (Å²) in [6.07, 6.45) is 0. The van der Waals surface area contributed by atoms with Crippen molar-refractivity contribution in [2.75, 3.05) is 5.32 Å². The third-order valence-corrected chi connectivity index (χ3v) is 7.24. The first-order chi connectivity index (χ1) is 18.0. The predicted octanol–water partition coefficient (Wildman–Crippen LogP) is 7.06. The van der Waals surface area contributed by atoms with Crippen LogP contribution in [0.25, 0.3) is 22.2 Å². The number of H-pyrrole nitrogens is 1. The molecule has 6 heteroatoms. The van der Waals surface area contributed by atoms with E-state index in [1.807, 2.05) is 60.7 Å². The van der Waals surface area contributed by atoms with Gasteiger partial charge in [0.05, 0.1) is 11.7 Å². The van der Waals surface area contributed by atoms with Crippen LogP contribution in [0.4, 0.5) is 5.69 Å². The van der Waals surface area contributed by atoms with E-state index in [0.717, 1.165) is 33.3 Å². The van der Waals surface area contributed by atoms with Crippen LogP contribution in [0.2, 0.25) is 5.02 Å². The van der Waals surface area contributed by atoms with Gasteiger partial charge in [-0.15, -0.1) is 0 Å². The molecule has 1 aliphatic rings. The van der Waals surface area contributed by atoms with E-state index in [-0.39, 0.29) is 11.8 Å².